The highest BCUT2D eigenvalue weighted by molar-refractivity contribution is 5.92. The van der Waals surface area contributed by atoms with Gasteiger partial charge in [-0.2, -0.15) is 0 Å². The number of nitrogens with one attached hydrogen (secondary N) is 1. The summed E-state index contributed by atoms with van der Waals surface area (Å²) in [4.78, 5) is 24.7. The van der Waals surface area contributed by atoms with Crippen molar-refractivity contribution in [3.8, 4) is 0 Å². The van der Waals surface area contributed by atoms with Crippen LogP contribution >= 0.6 is 0 Å². The molecule has 6 heteroatoms. The number of nitrogens with zero attached hydrogens (tertiary/aromatic N) is 1. The number of ether oxygens (including phenoxy) is 2. The summed E-state index contributed by atoms with van der Waals surface area (Å²) in [7, 11) is 1.70. The lowest BCUT2D eigenvalue weighted by Crippen LogP contribution is -2.37. The molecule has 26 heavy (non-hydrogen) atoms. The van der Waals surface area contributed by atoms with Crippen LogP contribution in [-0.4, -0.2) is 41.9 Å². The van der Waals surface area contributed by atoms with Gasteiger partial charge in [0.1, 0.15) is 18.2 Å². The largest absolute Gasteiger partial charge is 0.460 e. The quantitative estimate of drug-likeness (QED) is 0.634. The SMILES string of the molecule is C=CCOC(=O)C(Cc1cn(C(=O)OC(C)(C)C)c2ccccc12)NC. The van der Waals surface area contributed by atoms with Crippen LogP contribution in [0.4, 0.5) is 4.79 Å². The van der Waals surface area contributed by atoms with Crippen LogP contribution in [0.5, 0.6) is 0 Å². The number of hydrogen-bond acceptors (Lipinski definition) is 5. The molecule has 0 aliphatic rings. The first-order chi connectivity index (χ1) is 12.3. The molecule has 0 bridgehead atoms. The van der Waals surface area contributed by atoms with Crippen LogP contribution in [0.1, 0.15) is 26.3 Å². The minimum absolute atomic E-state index is 0.163. The monoisotopic (exact) mass is 358 g/mol. The maximum Gasteiger partial charge on any atom is 0.419 e. The highest BCUT2D eigenvalue weighted by Crippen LogP contribution is 2.24. The summed E-state index contributed by atoms with van der Waals surface area (Å²) >= 11 is 0. The molecule has 1 aromatic carbocycles. The molecule has 1 atom stereocenters. The summed E-state index contributed by atoms with van der Waals surface area (Å²) in [5.41, 5.74) is 1.01. The Morgan fingerprint density at radius 1 is 1.31 bits per heavy atom. The number of para-hydroxylation sites is 1. The highest BCUT2D eigenvalue weighted by atomic mass is 16.6. The van der Waals surface area contributed by atoms with Crippen LogP contribution in [0.2, 0.25) is 0 Å². The van der Waals surface area contributed by atoms with Gasteiger partial charge in [-0.25, -0.2) is 4.79 Å². The van der Waals surface area contributed by atoms with Gasteiger partial charge < -0.3 is 14.8 Å². The fraction of sp³-hybridized carbons (Fsp3) is 0.400. The molecule has 1 unspecified atom stereocenters. The Bertz CT molecular complexity index is 802. The normalized spacial score (nSPS) is 12.6. The van der Waals surface area contributed by atoms with Gasteiger partial charge in [0.25, 0.3) is 0 Å². The van der Waals surface area contributed by atoms with E-state index in [1.54, 1.807) is 13.2 Å². The van der Waals surface area contributed by atoms with E-state index in [1.165, 1.54) is 10.6 Å². The first-order valence-corrected chi connectivity index (χ1v) is 8.54. The molecule has 0 amide bonds. The molecular formula is C20H26N2O4. The number of likely N-dealkylation sites (N-methyl/N-ethyl adjacent to an activating group) is 1. The van der Waals surface area contributed by atoms with Crippen molar-refractivity contribution in [2.75, 3.05) is 13.7 Å². The van der Waals surface area contributed by atoms with E-state index in [1.807, 2.05) is 45.0 Å². The predicted molar refractivity (Wildman–Crippen MR) is 101 cm³/mol. The van der Waals surface area contributed by atoms with Gasteiger partial charge in [-0.05, 0) is 39.4 Å². The Balaban J connectivity index is 2.34. The Labute approximate surface area is 153 Å². The van der Waals surface area contributed by atoms with E-state index < -0.39 is 17.7 Å². The number of carbonyl (C=O) groups is 2. The Morgan fingerprint density at radius 2 is 2.00 bits per heavy atom. The molecule has 2 aromatic rings. The van der Waals surface area contributed by atoms with Gasteiger partial charge >= 0.3 is 12.1 Å². The van der Waals surface area contributed by atoms with Gasteiger partial charge in [0.05, 0.1) is 5.52 Å². The van der Waals surface area contributed by atoms with Crippen LogP contribution in [0.3, 0.4) is 0 Å². The molecule has 1 heterocycles. The molecule has 0 saturated heterocycles. The average molecular weight is 358 g/mol. The van der Waals surface area contributed by atoms with Crippen LogP contribution in [0, 0.1) is 0 Å². The van der Waals surface area contributed by atoms with Crippen molar-refractivity contribution in [1.29, 1.82) is 0 Å². The van der Waals surface area contributed by atoms with E-state index in [2.05, 4.69) is 11.9 Å². The predicted octanol–water partition coefficient (Wildman–Crippen LogP) is 3.28. The first kappa shape index (κ1) is 19.7. The van der Waals surface area contributed by atoms with Crippen molar-refractivity contribution >= 4 is 23.0 Å². The first-order valence-electron chi connectivity index (χ1n) is 8.54. The van der Waals surface area contributed by atoms with Crippen LogP contribution in [-0.2, 0) is 20.7 Å². The van der Waals surface area contributed by atoms with E-state index in [-0.39, 0.29) is 12.6 Å². The summed E-state index contributed by atoms with van der Waals surface area (Å²) in [5, 5.41) is 3.86. The minimum Gasteiger partial charge on any atom is -0.460 e. The molecule has 1 N–H and O–H groups in total. The van der Waals surface area contributed by atoms with Gasteiger partial charge in [-0.1, -0.05) is 30.9 Å². The van der Waals surface area contributed by atoms with Crippen LogP contribution < -0.4 is 5.32 Å². The Morgan fingerprint density at radius 3 is 2.62 bits per heavy atom. The van der Waals surface area contributed by atoms with Gasteiger partial charge in [-0.3, -0.25) is 9.36 Å². The zero-order valence-electron chi connectivity index (χ0n) is 15.7. The molecular weight excluding hydrogens is 332 g/mol. The molecule has 0 fully saturated rings. The van der Waals surface area contributed by atoms with E-state index in [9.17, 15) is 9.59 Å². The minimum atomic E-state index is -0.593. The lowest BCUT2D eigenvalue weighted by atomic mass is 10.1. The molecule has 0 aliphatic carbocycles. The fourth-order valence-electron chi connectivity index (χ4n) is 2.64. The molecule has 0 spiro atoms. The smallest absolute Gasteiger partial charge is 0.419 e. The van der Waals surface area contributed by atoms with Crippen molar-refractivity contribution in [1.82, 2.24) is 9.88 Å². The van der Waals surface area contributed by atoms with Crippen molar-refractivity contribution in [3.05, 3.63) is 48.7 Å². The third-order valence-electron chi connectivity index (χ3n) is 3.79. The third-order valence-corrected chi connectivity index (χ3v) is 3.79. The average Bonchev–Trinajstić information content (AvgIpc) is 2.95. The second-order valence-corrected chi connectivity index (χ2v) is 6.99. The molecule has 1 aromatic heterocycles. The molecule has 6 nitrogen and oxygen atoms in total. The molecule has 140 valence electrons. The van der Waals surface area contributed by atoms with Gasteiger partial charge in [0.2, 0.25) is 0 Å². The number of benzene rings is 1. The molecule has 0 saturated carbocycles. The fourth-order valence-corrected chi connectivity index (χ4v) is 2.64. The van der Waals surface area contributed by atoms with Gasteiger partial charge in [0.15, 0.2) is 0 Å². The standard InChI is InChI=1S/C20H26N2O4/c1-6-11-25-18(23)16(21-5)12-14-13-22(19(24)26-20(2,3)4)17-10-8-7-9-15(14)17/h6-10,13,16,21H,1,11-12H2,2-5H3. The van der Waals surface area contributed by atoms with Crippen molar-refractivity contribution in [3.63, 3.8) is 0 Å². The number of esters is 1. The van der Waals surface area contributed by atoms with Crippen molar-refractivity contribution < 1.29 is 19.1 Å². The van der Waals surface area contributed by atoms with Crippen molar-refractivity contribution in [2.45, 2.75) is 38.8 Å². The molecule has 0 aliphatic heterocycles. The third kappa shape index (κ3) is 4.73. The summed E-state index contributed by atoms with van der Waals surface area (Å²) in [5.74, 6) is -0.360. The zero-order valence-corrected chi connectivity index (χ0v) is 15.7. The van der Waals surface area contributed by atoms with Crippen LogP contribution in [0.25, 0.3) is 10.9 Å². The second kappa shape index (κ2) is 8.19. The Hall–Kier alpha value is -2.60. The number of rotatable bonds is 6. The molecule has 0 radical (unpaired) electrons. The zero-order chi connectivity index (χ0) is 19.3. The van der Waals surface area contributed by atoms with Gasteiger partial charge in [-0.15, -0.1) is 0 Å². The van der Waals surface area contributed by atoms with E-state index >= 15 is 0 Å². The van der Waals surface area contributed by atoms with Crippen LogP contribution in [0.15, 0.2) is 43.1 Å². The summed E-state index contributed by atoms with van der Waals surface area (Å²) < 4.78 is 12.1. The maximum atomic E-state index is 12.5. The van der Waals surface area contributed by atoms with Gasteiger partial charge in [0, 0.05) is 18.0 Å². The number of aromatic nitrogens is 1. The second-order valence-electron chi connectivity index (χ2n) is 6.99. The van der Waals surface area contributed by atoms with E-state index in [0.717, 1.165) is 16.5 Å². The Kier molecular flexibility index (Phi) is 6.21. The topological polar surface area (TPSA) is 69.6 Å². The van der Waals surface area contributed by atoms with E-state index in [4.69, 9.17) is 9.47 Å². The summed E-state index contributed by atoms with van der Waals surface area (Å²) in [6.45, 7) is 9.18. The number of hydrogen-bond donors (Lipinski definition) is 1. The highest BCUT2D eigenvalue weighted by Gasteiger charge is 2.24. The maximum absolute atomic E-state index is 12.5. The lowest BCUT2D eigenvalue weighted by molar-refractivity contribution is -0.144. The van der Waals surface area contributed by atoms with Crippen molar-refractivity contribution in [2.24, 2.45) is 0 Å². The number of carbonyl (C=O) groups excluding carboxylic acids is 2. The number of fused-ring (bicyclic) bond motifs is 1. The lowest BCUT2D eigenvalue weighted by Gasteiger charge is -2.19. The molecule has 2 rings (SSSR count). The summed E-state index contributed by atoms with van der Waals surface area (Å²) in [6.07, 6.45) is 3.20. The summed E-state index contributed by atoms with van der Waals surface area (Å²) in [6, 6.07) is 7.02. The van der Waals surface area contributed by atoms with E-state index in [0.29, 0.717) is 6.42 Å².